The Balaban J connectivity index is 1.27. The Hall–Kier alpha value is -2.48. The Kier molecular flexibility index (Phi) is 5.57. The molecule has 4 rings (SSSR count). The molecule has 0 spiro atoms. The van der Waals surface area contributed by atoms with Crippen LogP contribution in [0.15, 0.2) is 28.8 Å². The van der Waals surface area contributed by atoms with Crippen molar-refractivity contribution in [2.24, 2.45) is 0 Å². The zero-order chi connectivity index (χ0) is 19.5. The van der Waals surface area contributed by atoms with Crippen LogP contribution in [0.2, 0.25) is 0 Å². The van der Waals surface area contributed by atoms with Gasteiger partial charge in [-0.2, -0.15) is 4.98 Å². The molecule has 7 nitrogen and oxygen atoms in total. The van der Waals surface area contributed by atoms with E-state index in [1.165, 1.54) is 6.07 Å². The summed E-state index contributed by atoms with van der Waals surface area (Å²) in [6.07, 6.45) is 4.09. The maximum atomic E-state index is 13.9. The second-order valence-corrected chi connectivity index (χ2v) is 7.79. The monoisotopic (exact) mass is 387 g/mol. The summed E-state index contributed by atoms with van der Waals surface area (Å²) in [6.45, 7) is 2.49. The van der Waals surface area contributed by atoms with Crippen molar-refractivity contribution in [3.63, 3.8) is 0 Å². The molecule has 2 fully saturated rings. The lowest BCUT2D eigenvalue weighted by molar-refractivity contribution is 0.165. The summed E-state index contributed by atoms with van der Waals surface area (Å²) < 4.78 is 19.1. The first-order chi connectivity index (χ1) is 13.6. The largest absolute Gasteiger partial charge is 0.339 e. The van der Waals surface area contributed by atoms with E-state index in [9.17, 15) is 9.18 Å². The smallest absolute Gasteiger partial charge is 0.317 e. The van der Waals surface area contributed by atoms with Gasteiger partial charge in [0, 0.05) is 37.7 Å². The third-order valence-corrected chi connectivity index (χ3v) is 5.32. The molecule has 28 heavy (non-hydrogen) atoms. The number of nitrogens with zero attached hydrogens (tertiary/aromatic N) is 4. The standard InChI is InChI=1S/C20H26FN5O2/c1-25(13-18-23-19(28-24-18)14-8-9-14)20(27)22-16-6-4-10-26(12-16)11-15-5-2-3-7-17(15)21/h2-3,5,7,14,16H,4,6,8-13H2,1H3,(H,22,27). The van der Waals surface area contributed by atoms with Crippen LogP contribution in [-0.4, -0.2) is 52.2 Å². The number of hydrogen-bond acceptors (Lipinski definition) is 5. The molecule has 1 N–H and O–H groups in total. The van der Waals surface area contributed by atoms with Crippen LogP contribution in [0, 0.1) is 5.82 Å². The van der Waals surface area contributed by atoms with Gasteiger partial charge >= 0.3 is 6.03 Å². The summed E-state index contributed by atoms with van der Waals surface area (Å²) in [5.74, 6) is 1.44. The minimum Gasteiger partial charge on any atom is -0.339 e. The van der Waals surface area contributed by atoms with E-state index in [0.29, 0.717) is 42.8 Å². The predicted octanol–water partition coefficient (Wildman–Crippen LogP) is 2.89. The predicted molar refractivity (Wildman–Crippen MR) is 101 cm³/mol. The lowest BCUT2D eigenvalue weighted by Gasteiger charge is -2.34. The van der Waals surface area contributed by atoms with Crippen LogP contribution in [0.25, 0.3) is 0 Å². The van der Waals surface area contributed by atoms with Crippen LogP contribution in [0.5, 0.6) is 0 Å². The van der Waals surface area contributed by atoms with E-state index in [1.807, 2.05) is 12.1 Å². The van der Waals surface area contributed by atoms with Gasteiger partial charge in [-0.1, -0.05) is 23.4 Å². The number of carbonyl (C=O) groups excluding carboxylic acids is 1. The number of aromatic nitrogens is 2. The Labute approximate surface area is 163 Å². The van der Waals surface area contributed by atoms with Gasteiger partial charge in [0.1, 0.15) is 5.82 Å². The number of likely N-dealkylation sites (tertiary alicyclic amines) is 1. The molecule has 0 bridgehead atoms. The van der Waals surface area contributed by atoms with Gasteiger partial charge in [0.2, 0.25) is 5.89 Å². The maximum absolute atomic E-state index is 13.9. The van der Waals surface area contributed by atoms with E-state index in [2.05, 4.69) is 20.4 Å². The van der Waals surface area contributed by atoms with Gasteiger partial charge in [-0.05, 0) is 38.3 Å². The summed E-state index contributed by atoms with van der Waals surface area (Å²) in [6, 6.07) is 6.74. The van der Waals surface area contributed by atoms with Gasteiger partial charge in [0.05, 0.1) is 6.54 Å². The fraction of sp³-hybridized carbons (Fsp3) is 0.550. The van der Waals surface area contributed by atoms with Crippen molar-refractivity contribution < 1.29 is 13.7 Å². The van der Waals surface area contributed by atoms with Crippen LogP contribution >= 0.6 is 0 Å². The number of hydrogen-bond donors (Lipinski definition) is 1. The van der Waals surface area contributed by atoms with Gasteiger partial charge in [-0.3, -0.25) is 4.90 Å². The van der Waals surface area contributed by atoms with Gasteiger partial charge in [-0.15, -0.1) is 0 Å². The molecular formula is C20H26FN5O2. The summed E-state index contributed by atoms with van der Waals surface area (Å²) in [5.41, 5.74) is 0.690. The number of benzene rings is 1. The molecule has 1 atom stereocenters. The Morgan fingerprint density at radius 2 is 2.18 bits per heavy atom. The summed E-state index contributed by atoms with van der Waals surface area (Å²) in [5, 5.41) is 7.04. The molecule has 1 aliphatic carbocycles. The SMILES string of the molecule is CN(Cc1noc(C2CC2)n1)C(=O)NC1CCCN(Cc2ccccc2F)C1. The Morgan fingerprint density at radius 3 is 2.96 bits per heavy atom. The van der Waals surface area contributed by atoms with Crippen LogP contribution in [0.3, 0.4) is 0 Å². The number of halogens is 1. The Morgan fingerprint density at radius 1 is 1.36 bits per heavy atom. The molecule has 0 radical (unpaired) electrons. The molecular weight excluding hydrogens is 361 g/mol. The summed E-state index contributed by atoms with van der Waals surface area (Å²) >= 11 is 0. The van der Waals surface area contributed by atoms with Crippen molar-refractivity contribution >= 4 is 6.03 Å². The second kappa shape index (κ2) is 8.26. The van der Waals surface area contributed by atoms with Crippen LogP contribution < -0.4 is 5.32 Å². The lowest BCUT2D eigenvalue weighted by Crippen LogP contribution is -2.50. The van der Waals surface area contributed by atoms with E-state index in [1.54, 1.807) is 18.0 Å². The molecule has 1 saturated carbocycles. The number of piperidine rings is 1. The Bertz CT molecular complexity index is 822. The first-order valence-corrected chi connectivity index (χ1v) is 9.88. The number of amides is 2. The van der Waals surface area contributed by atoms with E-state index in [4.69, 9.17) is 4.52 Å². The minimum absolute atomic E-state index is 0.0442. The van der Waals surface area contributed by atoms with Gasteiger partial charge in [-0.25, -0.2) is 9.18 Å². The number of carbonyl (C=O) groups is 1. The molecule has 1 aromatic carbocycles. The molecule has 2 heterocycles. The molecule has 2 amide bonds. The molecule has 1 aliphatic heterocycles. The molecule has 1 saturated heterocycles. The van der Waals surface area contributed by atoms with Crippen molar-refractivity contribution in [3.8, 4) is 0 Å². The van der Waals surface area contributed by atoms with Crippen molar-refractivity contribution in [3.05, 3.63) is 47.4 Å². The lowest BCUT2D eigenvalue weighted by atomic mass is 10.0. The maximum Gasteiger partial charge on any atom is 0.317 e. The van der Waals surface area contributed by atoms with Crippen LogP contribution in [0.4, 0.5) is 9.18 Å². The van der Waals surface area contributed by atoms with E-state index < -0.39 is 0 Å². The topological polar surface area (TPSA) is 74.5 Å². The molecule has 2 aliphatic rings. The van der Waals surface area contributed by atoms with E-state index >= 15 is 0 Å². The first kappa shape index (κ1) is 18.9. The van der Waals surface area contributed by atoms with Gasteiger partial charge in [0.15, 0.2) is 5.82 Å². The molecule has 1 aromatic heterocycles. The van der Waals surface area contributed by atoms with Crippen molar-refractivity contribution in [2.75, 3.05) is 20.1 Å². The first-order valence-electron chi connectivity index (χ1n) is 9.88. The van der Waals surface area contributed by atoms with Crippen molar-refractivity contribution in [1.82, 2.24) is 25.3 Å². The highest BCUT2D eigenvalue weighted by Gasteiger charge is 2.30. The normalized spacial score (nSPS) is 20.1. The molecule has 8 heteroatoms. The minimum atomic E-state index is -0.181. The van der Waals surface area contributed by atoms with Crippen LogP contribution in [-0.2, 0) is 13.1 Å². The average molecular weight is 387 g/mol. The highest BCUT2D eigenvalue weighted by atomic mass is 19.1. The summed E-state index contributed by atoms with van der Waals surface area (Å²) in [7, 11) is 1.72. The zero-order valence-corrected chi connectivity index (χ0v) is 16.1. The summed E-state index contributed by atoms with van der Waals surface area (Å²) in [4.78, 5) is 20.7. The zero-order valence-electron chi connectivity index (χ0n) is 16.1. The third kappa shape index (κ3) is 4.67. The van der Waals surface area contributed by atoms with Gasteiger partial charge < -0.3 is 14.7 Å². The molecule has 2 aromatic rings. The fourth-order valence-electron chi connectivity index (χ4n) is 3.58. The van der Waals surface area contributed by atoms with Crippen molar-refractivity contribution in [1.29, 1.82) is 0 Å². The number of rotatable bonds is 6. The van der Waals surface area contributed by atoms with Gasteiger partial charge in [0.25, 0.3) is 0 Å². The number of nitrogens with one attached hydrogen (secondary N) is 1. The van der Waals surface area contributed by atoms with Crippen LogP contribution in [0.1, 0.15) is 48.9 Å². The fourth-order valence-corrected chi connectivity index (χ4v) is 3.58. The average Bonchev–Trinajstić information content (AvgIpc) is 3.43. The van der Waals surface area contributed by atoms with E-state index in [-0.39, 0.29) is 17.9 Å². The van der Waals surface area contributed by atoms with E-state index in [0.717, 1.165) is 32.2 Å². The van der Waals surface area contributed by atoms with Crippen molar-refractivity contribution in [2.45, 2.75) is 50.7 Å². The molecule has 1 unspecified atom stereocenters. The number of urea groups is 1. The second-order valence-electron chi connectivity index (χ2n) is 7.79. The third-order valence-electron chi connectivity index (χ3n) is 5.32. The highest BCUT2D eigenvalue weighted by molar-refractivity contribution is 5.74. The highest BCUT2D eigenvalue weighted by Crippen LogP contribution is 2.38. The quantitative estimate of drug-likeness (QED) is 0.825. The molecule has 150 valence electrons.